The molecule has 2 aromatic carbocycles. The zero-order valence-corrected chi connectivity index (χ0v) is 15.7. The predicted molar refractivity (Wildman–Crippen MR) is 108 cm³/mol. The molecule has 5 rings (SSSR count). The number of benzene rings is 2. The van der Waals surface area contributed by atoms with Crippen LogP contribution in [0.25, 0.3) is 5.82 Å². The molecule has 1 N–H and O–H groups in total. The lowest BCUT2D eigenvalue weighted by Crippen LogP contribution is -2.11. The first-order valence-electron chi connectivity index (χ1n) is 9.19. The van der Waals surface area contributed by atoms with E-state index in [0.717, 1.165) is 0 Å². The number of hydrogen-bond donors (Lipinski definition) is 1. The second-order valence-electron chi connectivity index (χ2n) is 6.45. The van der Waals surface area contributed by atoms with E-state index in [2.05, 4.69) is 15.3 Å². The van der Waals surface area contributed by atoms with Gasteiger partial charge in [-0.3, -0.25) is 4.79 Å². The Bertz CT molecular complexity index is 1190. The quantitative estimate of drug-likeness (QED) is 0.544. The fraction of sp³-hybridized carbons (Fsp3) is 0.0455. The van der Waals surface area contributed by atoms with Gasteiger partial charge in [0.1, 0.15) is 17.9 Å². The van der Waals surface area contributed by atoms with E-state index >= 15 is 0 Å². The number of fused-ring (bicyclic) bond motifs is 1. The molecule has 148 valence electrons. The topological polar surface area (TPSA) is 87.5 Å². The van der Waals surface area contributed by atoms with Crippen molar-refractivity contribution in [2.45, 2.75) is 0 Å². The molecule has 0 unspecified atom stereocenters. The molecular formula is C22H16N4O4. The minimum atomic E-state index is -0.242. The summed E-state index contributed by atoms with van der Waals surface area (Å²) in [5.41, 5.74) is 1.12. The van der Waals surface area contributed by atoms with Crippen molar-refractivity contribution in [3.8, 4) is 28.9 Å². The van der Waals surface area contributed by atoms with Crippen molar-refractivity contribution in [2.24, 2.45) is 0 Å². The van der Waals surface area contributed by atoms with Crippen LogP contribution in [0.15, 0.2) is 79.4 Å². The number of ether oxygens (including phenoxy) is 3. The van der Waals surface area contributed by atoms with Gasteiger partial charge in [-0.25, -0.2) is 9.97 Å². The highest BCUT2D eigenvalue weighted by molar-refractivity contribution is 6.04. The Kier molecular flexibility index (Phi) is 4.49. The predicted octanol–water partition coefficient (Wildman–Crippen LogP) is 4.04. The van der Waals surface area contributed by atoms with Crippen LogP contribution in [0.1, 0.15) is 10.4 Å². The van der Waals surface area contributed by atoms with Gasteiger partial charge < -0.3 is 24.1 Å². The van der Waals surface area contributed by atoms with E-state index in [9.17, 15) is 4.79 Å². The summed E-state index contributed by atoms with van der Waals surface area (Å²) in [4.78, 5) is 20.9. The highest BCUT2D eigenvalue weighted by atomic mass is 16.7. The van der Waals surface area contributed by atoms with E-state index in [0.29, 0.717) is 40.2 Å². The number of anilines is 1. The third kappa shape index (κ3) is 3.66. The maximum atomic E-state index is 12.5. The summed E-state index contributed by atoms with van der Waals surface area (Å²) in [5.74, 6) is 2.68. The molecule has 0 bridgehead atoms. The smallest absolute Gasteiger partial charge is 0.255 e. The molecule has 3 heterocycles. The van der Waals surface area contributed by atoms with E-state index < -0.39 is 0 Å². The van der Waals surface area contributed by atoms with Crippen LogP contribution in [0.5, 0.6) is 23.1 Å². The Labute approximate surface area is 171 Å². The van der Waals surface area contributed by atoms with Gasteiger partial charge in [-0.05, 0) is 54.6 Å². The average molecular weight is 400 g/mol. The fourth-order valence-electron chi connectivity index (χ4n) is 2.98. The number of nitrogens with one attached hydrogen (secondary N) is 1. The molecule has 1 aliphatic rings. The molecule has 0 atom stereocenters. The Balaban J connectivity index is 1.26. The van der Waals surface area contributed by atoms with Crippen molar-refractivity contribution < 1.29 is 19.0 Å². The van der Waals surface area contributed by atoms with Crippen molar-refractivity contribution in [1.29, 1.82) is 0 Å². The van der Waals surface area contributed by atoms with Crippen molar-refractivity contribution in [1.82, 2.24) is 14.5 Å². The number of carbonyl (C=O) groups excluding carboxylic acids is 1. The molecule has 1 aliphatic heterocycles. The first kappa shape index (κ1) is 17.7. The van der Waals surface area contributed by atoms with E-state index in [4.69, 9.17) is 14.2 Å². The Morgan fingerprint density at radius 1 is 0.967 bits per heavy atom. The van der Waals surface area contributed by atoms with Crippen LogP contribution in [-0.2, 0) is 0 Å². The molecule has 0 radical (unpaired) electrons. The van der Waals surface area contributed by atoms with E-state index in [1.54, 1.807) is 48.5 Å². The average Bonchev–Trinajstić information content (AvgIpc) is 3.47. The Morgan fingerprint density at radius 2 is 1.77 bits per heavy atom. The normalized spacial score (nSPS) is 11.9. The molecule has 8 nitrogen and oxygen atoms in total. The highest BCUT2D eigenvalue weighted by Crippen LogP contribution is 2.32. The number of nitrogens with zero attached hydrogens (tertiary/aromatic N) is 3. The van der Waals surface area contributed by atoms with Crippen molar-refractivity contribution >= 4 is 11.6 Å². The Hall–Kier alpha value is -4.33. The van der Waals surface area contributed by atoms with Gasteiger partial charge in [0.05, 0.1) is 0 Å². The fourth-order valence-corrected chi connectivity index (χ4v) is 2.98. The molecule has 0 fully saturated rings. The van der Waals surface area contributed by atoms with Crippen LogP contribution in [0.2, 0.25) is 0 Å². The first-order chi connectivity index (χ1) is 14.7. The monoisotopic (exact) mass is 400 g/mol. The lowest BCUT2D eigenvalue weighted by Gasteiger charge is -2.09. The van der Waals surface area contributed by atoms with E-state index in [-0.39, 0.29) is 12.7 Å². The van der Waals surface area contributed by atoms with Gasteiger partial charge in [0.2, 0.25) is 12.7 Å². The summed E-state index contributed by atoms with van der Waals surface area (Å²) < 4.78 is 18.2. The molecule has 8 heteroatoms. The largest absolute Gasteiger partial charge is 0.454 e. The van der Waals surface area contributed by atoms with Gasteiger partial charge in [-0.2, -0.15) is 0 Å². The molecule has 1 amide bonds. The summed E-state index contributed by atoms with van der Waals surface area (Å²) in [7, 11) is 0. The molecule has 2 aromatic heterocycles. The molecular weight excluding hydrogens is 384 g/mol. The van der Waals surface area contributed by atoms with Gasteiger partial charge in [-0.15, -0.1) is 0 Å². The zero-order valence-electron chi connectivity index (χ0n) is 15.7. The van der Waals surface area contributed by atoms with Crippen LogP contribution in [0, 0.1) is 0 Å². The van der Waals surface area contributed by atoms with Crippen LogP contribution in [-0.4, -0.2) is 27.2 Å². The van der Waals surface area contributed by atoms with Gasteiger partial charge in [0.25, 0.3) is 5.91 Å². The minimum Gasteiger partial charge on any atom is -0.454 e. The van der Waals surface area contributed by atoms with Crippen LogP contribution in [0.3, 0.4) is 0 Å². The second kappa shape index (κ2) is 7.59. The van der Waals surface area contributed by atoms with Crippen LogP contribution in [0.4, 0.5) is 5.69 Å². The van der Waals surface area contributed by atoms with Crippen molar-refractivity contribution in [2.75, 3.05) is 12.1 Å². The molecule has 0 saturated carbocycles. The Morgan fingerprint density at radius 3 is 2.60 bits per heavy atom. The second-order valence-corrected chi connectivity index (χ2v) is 6.45. The standard InChI is InChI=1S/C22H16N4O4/c27-22(15-3-8-18-19(11-15)29-14-28-18)25-16-4-6-17(7-5-16)30-21-12-20(23-13-24-21)26-9-1-2-10-26/h1-13H,14H2,(H,25,27). The molecule has 0 aliphatic carbocycles. The van der Waals surface area contributed by atoms with Gasteiger partial charge >= 0.3 is 0 Å². The third-order valence-electron chi connectivity index (χ3n) is 4.47. The van der Waals surface area contributed by atoms with Crippen molar-refractivity contribution in [3.05, 3.63) is 84.9 Å². The lowest BCUT2D eigenvalue weighted by atomic mass is 10.2. The number of rotatable bonds is 5. The molecule has 4 aromatic rings. The number of carbonyl (C=O) groups is 1. The lowest BCUT2D eigenvalue weighted by molar-refractivity contribution is 0.102. The SMILES string of the molecule is O=C(Nc1ccc(Oc2cc(-n3cccc3)ncn2)cc1)c1ccc2c(c1)OCO2. The van der Waals surface area contributed by atoms with Gasteiger partial charge in [0, 0.05) is 29.7 Å². The number of aromatic nitrogens is 3. The third-order valence-corrected chi connectivity index (χ3v) is 4.47. The van der Waals surface area contributed by atoms with Crippen LogP contribution >= 0.6 is 0 Å². The summed E-state index contributed by atoms with van der Waals surface area (Å²) in [5, 5.41) is 2.85. The van der Waals surface area contributed by atoms with E-state index in [1.807, 2.05) is 29.1 Å². The summed E-state index contributed by atoms with van der Waals surface area (Å²) in [6.07, 6.45) is 5.23. The summed E-state index contributed by atoms with van der Waals surface area (Å²) >= 11 is 0. The zero-order chi connectivity index (χ0) is 20.3. The van der Waals surface area contributed by atoms with Crippen LogP contribution < -0.4 is 19.5 Å². The van der Waals surface area contributed by atoms with Gasteiger partial charge in [0.15, 0.2) is 11.5 Å². The maximum Gasteiger partial charge on any atom is 0.255 e. The van der Waals surface area contributed by atoms with Crippen molar-refractivity contribution in [3.63, 3.8) is 0 Å². The number of hydrogen-bond acceptors (Lipinski definition) is 6. The summed E-state index contributed by atoms with van der Waals surface area (Å²) in [6, 6.07) is 17.7. The summed E-state index contributed by atoms with van der Waals surface area (Å²) in [6.45, 7) is 0.168. The van der Waals surface area contributed by atoms with E-state index in [1.165, 1.54) is 6.33 Å². The molecule has 0 saturated heterocycles. The highest BCUT2D eigenvalue weighted by Gasteiger charge is 2.16. The number of amides is 1. The molecule has 30 heavy (non-hydrogen) atoms. The first-order valence-corrected chi connectivity index (χ1v) is 9.19. The maximum absolute atomic E-state index is 12.5. The minimum absolute atomic E-state index is 0.168. The van der Waals surface area contributed by atoms with Gasteiger partial charge in [-0.1, -0.05) is 0 Å². The molecule has 0 spiro atoms.